The molecule has 0 aromatic rings. The van der Waals surface area contributed by atoms with Gasteiger partial charge in [0.1, 0.15) is 0 Å². The van der Waals surface area contributed by atoms with Crippen LogP contribution in [0.3, 0.4) is 0 Å². The van der Waals surface area contributed by atoms with Crippen LogP contribution < -0.4 is 0 Å². The van der Waals surface area contributed by atoms with Crippen LogP contribution in [0.4, 0.5) is 0 Å². The molecule has 0 aromatic heterocycles. The second-order valence-electron chi connectivity index (χ2n) is 0. The molecule has 0 aliphatic carbocycles. The minimum Gasteiger partial charge on any atom is -0.0776 e. The molecular formula is CH4MoTiWZr. The molecule has 28 valence electrons. The van der Waals surface area contributed by atoms with Gasteiger partial charge in [0, 0.05) is 90.1 Å². The number of rotatable bonds is 0. The molecule has 0 rings (SSSR count). The van der Waals surface area contributed by atoms with E-state index in [2.05, 4.69) is 0 Å². The van der Waals surface area contributed by atoms with Crippen LogP contribution >= 0.6 is 0 Å². The summed E-state index contributed by atoms with van der Waals surface area (Å²) in [6, 6.07) is 0. The SMILES string of the molecule is C.[Mo].[Ti].[W].[Zr]. The monoisotopic (exact) mass is 436 g/mol. The fourth-order valence-electron chi connectivity index (χ4n) is 0. The summed E-state index contributed by atoms with van der Waals surface area (Å²) in [4.78, 5) is 0. The maximum atomic E-state index is 0. The van der Waals surface area contributed by atoms with Crippen molar-refractivity contribution in [3.63, 3.8) is 0 Å². The van der Waals surface area contributed by atoms with Crippen LogP contribution in [0, 0.1) is 0 Å². The van der Waals surface area contributed by atoms with Gasteiger partial charge in [-0.25, -0.2) is 0 Å². The summed E-state index contributed by atoms with van der Waals surface area (Å²) < 4.78 is 0. The molecule has 0 radical (unpaired) electrons. The van der Waals surface area contributed by atoms with Crippen LogP contribution in [0.5, 0.6) is 0 Å². The molecule has 0 aliphatic rings. The van der Waals surface area contributed by atoms with Crippen molar-refractivity contribution < 1.29 is 90.1 Å². The van der Waals surface area contributed by atoms with Gasteiger partial charge < -0.3 is 0 Å². The zero-order chi connectivity index (χ0) is 0. The summed E-state index contributed by atoms with van der Waals surface area (Å²) in [5.41, 5.74) is 0. The molecule has 0 saturated carbocycles. The molecule has 0 N–H and O–H groups in total. The van der Waals surface area contributed by atoms with Gasteiger partial charge in [-0.2, -0.15) is 0 Å². The average molecular weight is 435 g/mol. The fourth-order valence-corrected chi connectivity index (χ4v) is 0. The normalized spacial score (nSPS) is 0. The summed E-state index contributed by atoms with van der Waals surface area (Å²) in [5, 5.41) is 0. The van der Waals surface area contributed by atoms with Gasteiger partial charge in [-0.3, -0.25) is 0 Å². The molecule has 0 heterocycles. The van der Waals surface area contributed by atoms with E-state index in [0.717, 1.165) is 0 Å². The van der Waals surface area contributed by atoms with Gasteiger partial charge in [0.25, 0.3) is 0 Å². The molecule has 0 nitrogen and oxygen atoms in total. The van der Waals surface area contributed by atoms with E-state index in [1.165, 1.54) is 0 Å². The minimum atomic E-state index is 0. The van der Waals surface area contributed by atoms with E-state index < -0.39 is 0 Å². The van der Waals surface area contributed by atoms with Crippen LogP contribution in [-0.2, 0) is 90.1 Å². The smallest absolute Gasteiger partial charge is 0 e. The van der Waals surface area contributed by atoms with Crippen molar-refractivity contribution in [2.45, 2.75) is 7.43 Å². The van der Waals surface area contributed by atoms with E-state index in [-0.39, 0.29) is 97.5 Å². The van der Waals surface area contributed by atoms with Crippen molar-refractivity contribution in [1.82, 2.24) is 0 Å². The van der Waals surface area contributed by atoms with Gasteiger partial charge in [-0.1, -0.05) is 7.43 Å². The fraction of sp³-hybridized carbons (Fsp3) is 1.00. The van der Waals surface area contributed by atoms with Crippen LogP contribution in [-0.4, -0.2) is 0 Å². The maximum absolute atomic E-state index is 0. The van der Waals surface area contributed by atoms with Gasteiger partial charge >= 0.3 is 0 Å². The van der Waals surface area contributed by atoms with Gasteiger partial charge in [-0.05, 0) is 0 Å². The zero-order valence-electron chi connectivity index (χ0n) is 1.82. The second kappa shape index (κ2) is 28.1. The van der Waals surface area contributed by atoms with Crippen molar-refractivity contribution in [2.75, 3.05) is 0 Å². The quantitative estimate of drug-likeness (QED) is 0.491. The summed E-state index contributed by atoms with van der Waals surface area (Å²) in [7, 11) is 0. The van der Waals surface area contributed by atoms with Crippen molar-refractivity contribution in [3.05, 3.63) is 0 Å². The van der Waals surface area contributed by atoms with Crippen LogP contribution in [0.1, 0.15) is 7.43 Å². The molecule has 0 aromatic carbocycles. The standard InChI is InChI=1S/CH4.Mo.Ti.W.Zr/h1H4;;;;. The van der Waals surface area contributed by atoms with Crippen molar-refractivity contribution in [1.29, 1.82) is 0 Å². The summed E-state index contributed by atoms with van der Waals surface area (Å²) in [6.07, 6.45) is 0. The Morgan fingerprint density at radius 3 is 1.00 bits per heavy atom. The summed E-state index contributed by atoms with van der Waals surface area (Å²) >= 11 is 0. The number of hydrogen-bond donors (Lipinski definition) is 0. The second-order valence-corrected chi connectivity index (χ2v) is 0. The third-order valence-electron chi connectivity index (χ3n) is 0. The topological polar surface area (TPSA) is 0 Å². The molecule has 5 heavy (non-hydrogen) atoms. The molecule has 0 bridgehead atoms. The maximum Gasteiger partial charge on any atom is 0 e. The first-order valence-electron chi connectivity index (χ1n) is 0. The predicted octanol–water partition coefficient (Wildman–Crippen LogP) is 0.626. The van der Waals surface area contributed by atoms with Gasteiger partial charge in [-0.15, -0.1) is 0 Å². The Morgan fingerprint density at radius 1 is 1.00 bits per heavy atom. The van der Waals surface area contributed by atoms with Gasteiger partial charge in [0.2, 0.25) is 0 Å². The Hall–Kier alpha value is 2.97. The largest absolute Gasteiger partial charge is 0.0776 e. The van der Waals surface area contributed by atoms with Gasteiger partial charge in [0.05, 0.1) is 0 Å². The van der Waals surface area contributed by atoms with E-state index in [4.69, 9.17) is 0 Å². The van der Waals surface area contributed by atoms with E-state index in [0.29, 0.717) is 0 Å². The molecular weight excluding hydrogens is 431 g/mol. The Labute approximate surface area is 95.8 Å². The minimum absolute atomic E-state index is 0. The molecule has 0 unspecified atom stereocenters. The molecule has 0 spiro atoms. The first-order valence-corrected chi connectivity index (χ1v) is 0. The van der Waals surface area contributed by atoms with Gasteiger partial charge in [0.15, 0.2) is 0 Å². The zero-order valence-corrected chi connectivity index (χ0v) is 10.8. The first-order chi connectivity index (χ1) is 0. The van der Waals surface area contributed by atoms with Crippen LogP contribution in [0.15, 0.2) is 0 Å². The average Bonchev–Trinajstić information content (AvgIpc) is 0. The molecule has 0 fully saturated rings. The summed E-state index contributed by atoms with van der Waals surface area (Å²) in [6.45, 7) is 0. The molecule has 0 saturated heterocycles. The molecule has 4 heteroatoms. The Kier molecular flexibility index (Phi) is 247. The van der Waals surface area contributed by atoms with E-state index >= 15 is 0 Å². The van der Waals surface area contributed by atoms with E-state index in [1.54, 1.807) is 0 Å². The van der Waals surface area contributed by atoms with Crippen molar-refractivity contribution in [3.8, 4) is 0 Å². The van der Waals surface area contributed by atoms with Crippen LogP contribution in [0.25, 0.3) is 0 Å². The predicted molar refractivity (Wildman–Crippen MR) is 6.73 cm³/mol. The third kappa shape index (κ3) is 19.5. The third-order valence-corrected chi connectivity index (χ3v) is 0. The molecule has 0 amide bonds. The van der Waals surface area contributed by atoms with E-state index in [9.17, 15) is 0 Å². The molecule has 0 aliphatic heterocycles. The van der Waals surface area contributed by atoms with Crippen molar-refractivity contribution >= 4 is 0 Å². The first kappa shape index (κ1) is 43.8. The Balaban J connectivity index is 0. The Morgan fingerprint density at radius 2 is 1.00 bits per heavy atom. The molecule has 0 atom stereocenters. The number of hydrogen-bond acceptors (Lipinski definition) is 0. The van der Waals surface area contributed by atoms with Crippen molar-refractivity contribution in [2.24, 2.45) is 0 Å². The Bertz CT molecular complexity index is 11.6. The summed E-state index contributed by atoms with van der Waals surface area (Å²) in [5.74, 6) is 0. The van der Waals surface area contributed by atoms with E-state index in [1.807, 2.05) is 0 Å². The van der Waals surface area contributed by atoms with Crippen LogP contribution in [0.2, 0.25) is 0 Å².